The second-order valence-corrected chi connectivity index (χ2v) is 6.10. The highest BCUT2D eigenvalue weighted by molar-refractivity contribution is 9.10. The van der Waals surface area contributed by atoms with Crippen molar-refractivity contribution in [3.63, 3.8) is 0 Å². The zero-order valence-electron chi connectivity index (χ0n) is 10.2. The lowest BCUT2D eigenvalue weighted by atomic mass is 10.0. The van der Waals surface area contributed by atoms with Crippen LogP contribution in [0.1, 0.15) is 0 Å². The second kappa shape index (κ2) is 5.24. The number of fused-ring (bicyclic) bond motifs is 1. The van der Waals surface area contributed by atoms with E-state index in [1.807, 2.05) is 30.3 Å². The first-order chi connectivity index (χ1) is 9.56. The average Bonchev–Trinajstić information content (AvgIpc) is 2.41. The topological polar surface area (TPSA) is 38.9 Å². The van der Waals surface area contributed by atoms with Crippen LogP contribution in [0.3, 0.4) is 0 Å². The number of rotatable bonds is 1. The largest absolute Gasteiger partial charge is 0.397 e. The van der Waals surface area contributed by atoms with Gasteiger partial charge in [-0.15, -0.1) is 0 Å². The Morgan fingerprint density at radius 3 is 2.35 bits per heavy atom. The molecule has 1 heterocycles. The molecule has 0 spiro atoms. The van der Waals surface area contributed by atoms with Gasteiger partial charge in [0.2, 0.25) is 0 Å². The summed E-state index contributed by atoms with van der Waals surface area (Å²) in [5, 5.41) is 3.07. The average molecular weight is 368 g/mol. The monoisotopic (exact) mass is 366 g/mol. The van der Waals surface area contributed by atoms with E-state index in [2.05, 4.69) is 20.9 Å². The number of hydrogen-bond acceptors (Lipinski definition) is 2. The fourth-order valence-corrected chi connectivity index (χ4v) is 3.04. The summed E-state index contributed by atoms with van der Waals surface area (Å²) in [6.07, 6.45) is 1.73. The Morgan fingerprint density at radius 2 is 1.65 bits per heavy atom. The molecule has 0 atom stereocenters. The molecule has 0 amide bonds. The molecule has 2 N–H and O–H groups in total. The molecule has 1 aromatic heterocycles. The first-order valence-corrected chi connectivity index (χ1v) is 7.40. The summed E-state index contributed by atoms with van der Waals surface area (Å²) in [5.74, 6) is 0. The number of hydrogen-bond donors (Lipinski definition) is 1. The molecule has 5 heteroatoms. The molecule has 20 heavy (non-hydrogen) atoms. The highest BCUT2D eigenvalue weighted by atomic mass is 79.9. The molecule has 0 unspecified atom stereocenters. The molecule has 2 nitrogen and oxygen atoms in total. The van der Waals surface area contributed by atoms with E-state index in [9.17, 15) is 0 Å². The zero-order chi connectivity index (χ0) is 14.3. The van der Waals surface area contributed by atoms with Crippen molar-refractivity contribution in [2.24, 2.45) is 0 Å². The van der Waals surface area contributed by atoms with Gasteiger partial charge in [0.1, 0.15) is 0 Å². The summed E-state index contributed by atoms with van der Waals surface area (Å²) in [6, 6.07) is 11.2. The molecular weight excluding hydrogens is 359 g/mol. The molecule has 0 aliphatic carbocycles. The van der Waals surface area contributed by atoms with E-state index >= 15 is 0 Å². The lowest BCUT2D eigenvalue weighted by Crippen LogP contribution is -1.92. The van der Waals surface area contributed by atoms with Crippen LogP contribution >= 0.6 is 39.1 Å². The SMILES string of the molecule is Nc1c(Br)ccc2c(-c3cc(Cl)cc(Cl)c3)nccc12. The van der Waals surface area contributed by atoms with Gasteiger partial charge in [0.25, 0.3) is 0 Å². The predicted molar refractivity (Wildman–Crippen MR) is 89.3 cm³/mol. The quantitative estimate of drug-likeness (QED) is 0.572. The number of benzene rings is 2. The second-order valence-electron chi connectivity index (χ2n) is 4.37. The van der Waals surface area contributed by atoms with Gasteiger partial charge in [0.15, 0.2) is 0 Å². The van der Waals surface area contributed by atoms with Gasteiger partial charge in [-0.1, -0.05) is 29.3 Å². The fourth-order valence-electron chi connectivity index (χ4n) is 2.17. The first-order valence-electron chi connectivity index (χ1n) is 5.85. The maximum atomic E-state index is 6.10. The minimum absolute atomic E-state index is 0.580. The van der Waals surface area contributed by atoms with Crippen molar-refractivity contribution in [1.82, 2.24) is 4.98 Å². The lowest BCUT2D eigenvalue weighted by molar-refractivity contribution is 1.36. The highest BCUT2D eigenvalue weighted by Gasteiger charge is 2.10. The van der Waals surface area contributed by atoms with Crippen molar-refractivity contribution < 1.29 is 0 Å². The van der Waals surface area contributed by atoms with E-state index < -0.39 is 0 Å². The lowest BCUT2D eigenvalue weighted by Gasteiger charge is -2.09. The van der Waals surface area contributed by atoms with Gasteiger partial charge in [-0.25, -0.2) is 0 Å². The standard InChI is InChI=1S/C15H9BrCl2N2/c16-13-2-1-12-11(14(13)19)3-4-20-15(12)8-5-9(17)7-10(18)6-8/h1-7H,19H2. The van der Waals surface area contributed by atoms with Crippen LogP contribution in [0.2, 0.25) is 10.0 Å². The molecule has 0 radical (unpaired) electrons. The number of pyridine rings is 1. The molecular formula is C15H9BrCl2N2. The summed E-state index contributed by atoms with van der Waals surface area (Å²) in [4.78, 5) is 4.44. The van der Waals surface area contributed by atoms with E-state index in [1.165, 1.54) is 0 Å². The number of nitrogens with two attached hydrogens (primary N) is 1. The van der Waals surface area contributed by atoms with Crippen LogP contribution in [0.25, 0.3) is 22.0 Å². The van der Waals surface area contributed by atoms with E-state index in [0.717, 1.165) is 26.5 Å². The van der Waals surface area contributed by atoms with E-state index in [4.69, 9.17) is 28.9 Å². The van der Waals surface area contributed by atoms with E-state index in [0.29, 0.717) is 15.7 Å². The van der Waals surface area contributed by atoms with E-state index in [1.54, 1.807) is 12.3 Å². The van der Waals surface area contributed by atoms with Crippen LogP contribution < -0.4 is 5.73 Å². The van der Waals surface area contributed by atoms with Crippen LogP contribution in [0.5, 0.6) is 0 Å². The summed E-state index contributed by atoms with van der Waals surface area (Å²) < 4.78 is 0.867. The van der Waals surface area contributed by atoms with Gasteiger partial charge in [-0.2, -0.15) is 0 Å². The van der Waals surface area contributed by atoms with Gasteiger partial charge < -0.3 is 5.73 Å². The van der Waals surface area contributed by atoms with E-state index in [-0.39, 0.29) is 0 Å². The van der Waals surface area contributed by atoms with Crippen molar-refractivity contribution in [3.05, 3.63) is 57.1 Å². The molecule has 0 saturated heterocycles. The Balaban J connectivity index is 2.34. The molecule has 0 fully saturated rings. The molecule has 100 valence electrons. The Morgan fingerprint density at radius 1 is 0.950 bits per heavy atom. The number of aromatic nitrogens is 1. The number of nitrogens with zero attached hydrogens (tertiary/aromatic N) is 1. The normalized spacial score (nSPS) is 10.9. The van der Waals surface area contributed by atoms with Crippen LogP contribution in [-0.2, 0) is 0 Å². The third-order valence-corrected chi connectivity index (χ3v) is 4.20. The molecule has 3 rings (SSSR count). The molecule has 2 aromatic carbocycles. The Labute approximate surface area is 134 Å². The maximum absolute atomic E-state index is 6.10. The molecule has 0 aliphatic rings. The summed E-state index contributed by atoms with van der Waals surface area (Å²) in [5.41, 5.74) is 8.47. The van der Waals surface area contributed by atoms with Crippen molar-refractivity contribution in [2.45, 2.75) is 0 Å². The van der Waals surface area contributed by atoms with Crippen molar-refractivity contribution >= 4 is 55.6 Å². The van der Waals surface area contributed by atoms with Crippen molar-refractivity contribution in [2.75, 3.05) is 5.73 Å². The zero-order valence-corrected chi connectivity index (χ0v) is 13.3. The first kappa shape index (κ1) is 13.7. The Kier molecular flexibility index (Phi) is 3.59. The van der Waals surface area contributed by atoms with Crippen molar-refractivity contribution in [3.8, 4) is 11.3 Å². The molecule has 0 aliphatic heterocycles. The Hall–Kier alpha value is -1.29. The summed E-state index contributed by atoms with van der Waals surface area (Å²) in [6.45, 7) is 0. The van der Waals surface area contributed by atoms with Gasteiger partial charge in [0.05, 0.1) is 11.4 Å². The number of anilines is 1. The minimum Gasteiger partial charge on any atom is -0.397 e. The summed E-state index contributed by atoms with van der Waals surface area (Å²) in [7, 11) is 0. The number of halogens is 3. The maximum Gasteiger partial charge on any atom is 0.0782 e. The van der Waals surface area contributed by atoms with Gasteiger partial charge in [-0.05, 0) is 46.3 Å². The minimum atomic E-state index is 0.580. The third-order valence-electron chi connectivity index (χ3n) is 3.07. The smallest absolute Gasteiger partial charge is 0.0782 e. The molecule has 3 aromatic rings. The van der Waals surface area contributed by atoms with Crippen LogP contribution in [0.15, 0.2) is 47.1 Å². The van der Waals surface area contributed by atoms with Gasteiger partial charge >= 0.3 is 0 Å². The fraction of sp³-hybridized carbons (Fsp3) is 0. The molecule has 0 bridgehead atoms. The van der Waals surface area contributed by atoms with Crippen LogP contribution in [0.4, 0.5) is 5.69 Å². The predicted octanol–water partition coefficient (Wildman–Crippen LogP) is 5.55. The van der Waals surface area contributed by atoms with Gasteiger partial charge in [0, 0.05) is 37.1 Å². The van der Waals surface area contributed by atoms with Crippen LogP contribution in [-0.4, -0.2) is 4.98 Å². The van der Waals surface area contributed by atoms with Crippen LogP contribution in [0, 0.1) is 0 Å². The van der Waals surface area contributed by atoms with Crippen molar-refractivity contribution in [1.29, 1.82) is 0 Å². The number of nitrogen functional groups attached to an aromatic ring is 1. The molecule has 0 saturated carbocycles. The van der Waals surface area contributed by atoms with Gasteiger partial charge in [-0.3, -0.25) is 4.98 Å². The Bertz CT molecular complexity index is 798. The third kappa shape index (κ3) is 2.37. The summed E-state index contributed by atoms with van der Waals surface area (Å²) >= 11 is 15.6. The highest BCUT2D eigenvalue weighted by Crippen LogP contribution is 2.35.